The molecule has 2 aromatic rings. The zero-order valence-electron chi connectivity index (χ0n) is 13.2. The fraction of sp³-hybridized carbons (Fsp3) is 0.312. The van der Waals surface area contributed by atoms with Gasteiger partial charge in [0, 0.05) is 24.5 Å². The molecular formula is C16H18ClFN4O. The first-order valence-electron chi connectivity index (χ1n) is 7.31. The van der Waals surface area contributed by atoms with E-state index in [0.717, 1.165) is 13.1 Å². The van der Waals surface area contributed by atoms with Gasteiger partial charge in [-0.3, -0.25) is 4.79 Å². The fourth-order valence-corrected chi connectivity index (χ4v) is 2.27. The molecule has 7 heteroatoms. The van der Waals surface area contributed by atoms with Crippen molar-refractivity contribution in [1.29, 1.82) is 0 Å². The number of amides is 1. The van der Waals surface area contributed by atoms with Gasteiger partial charge in [0.25, 0.3) is 5.91 Å². The molecule has 0 atom stereocenters. The average Bonchev–Trinajstić information content (AvgIpc) is 2.51. The number of carbonyl (C=O) groups is 1. The number of halogens is 2. The summed E-state index contributed by atoms with van der Waals surface area (Å²) in [5, 5.41) is 2.61. The summed E-state index contributed by atoms with van der Waals surface area (Å²) in [6.45, 7) is 7.29. The van der Waals surface area contributed by atoms with Gasteiger partial charge >= 0.3 is 0 Å². The first-order chi connectivity index (χ1) is 10.9. The average molecular weight is 337 g/mol. The van der Waals surface area contributed by atoms with Gasteiger partial charge in [0.2, 0.25) is 5.95 Å². The Morgan fingerprint density at radius 3 is 2.57 bits per heavy atom. The molecule has 1 N–H and O–H groups in total. The molecule has 23 heavy (non-hydrogen) atoms. The molecule has 0 aliphatic carbocycles. The molecule has 0 unspecified atom stereocenters. The van der Waals surface area contributed by atoms with E-state index in [1.807, 2.05) is 18.7 Å². The second-order valence-electron chi connectivity index (χ2n) is 4.95. The van der Waals surface area contributed by atoms with Crippen molar-refractivity contribution in [3.05, 3.63) is 46.5 Å². The molecule has 0 aliphatic rings. The topological polar surface area (TPSA) is 58.1 Å². The molecule has 0 saturated heterocycles. The molecule has 0 bridgehead atoms. The van der Waals surface area contributed by atoms with E-state index in [2.05, 4.69) is 15.3 Å². The van der Waals surface area contributed by atoms with E-state index in [1.165, 1.54) is 18.2 Å². The lowest BCUT2D eigenvalue weighted by Crippen LogP contribution is -2.26. The molecule has 122 valence electrons. The van der Waals surface area contributed by atoms with Crippen LogP contribution in [0.25, 0.3) is 0 Å². The van der Waals surface area contributed by atoms with Gasteiger partial charge in [0.05, 0.1) is 5.02 Å². The fourth-order valence-electron chi connectivity index (χ4n) is 2.09. The Bertz CT molecular complexity index is 719. The van der Waals surface area contributed by atoms with E-state index >= 15 is 0 Å². The summed E-state index contributed by atoms with van der Waals surface area (Å²) < 4.78 is 13.2. The Kier molecular flexibility index (Phi) is 5.50. The quantitative estimate of drug-likeness (QED) is 0.905. The minimum atomic E-state index is -0.536. The number of hydrogen-bond donors (Lipinski definition) is 1. The molecule has 5 nitrogen and oxygen atoms in total. The van der Waals surface area contributed by atoms with Crippen LogP contribution in [0.4, 0.5) is 16.0 Å². The highest BCUT2D eigenvalue weighted by molar-refractivity contribution is 6.31. The predicted molar refractivity (Wildman–Crippen MR) is 89.7 cm³/mol. The van der Waals surface area contributed by atoms with E-state index in [1.54, 1.807) is 13.0 Å². The van der Waals surface area contributed by atoms with Gasteiger partial charge in [-0.25, -0.2) is 14.4 Å². The number of carbonyl (C=O) groups excluding carboxylic acids is 1. The van der Waals surface area contributed by atoms with Crippen molar-refractivity contribution in [1.82, 2.24) is 9.97 Å². The van der Waals surface area contributed by atoms with E-state index in [-0.39, 0.29) is 10.7 Å². The smallest absolute Gasteiger partial charge is 0.274 e. The maximum Gasteiger partial charge on any atom is 0.274 e. The summed E-state index contributed by atoms with van der Waals surface area (Å²) in [6, 6.07) is 5.60. The van der Waals surface area contributed by atoms with Crippen LogP contribution < -0.4 is 10.2 Å². The third-order valence-electron chi connectivity index (χ3n) is 3.30. The minimum Gasteiger partial charge on any atom is -0.341 e. The highest BCUT2D eigenvalue weighted by Crippen LogP contribution is 2.20. The highest BCUT2D eigenvalue weighted by Gasteiger charge is 2.14. The van der Waals surface area contributed by atoms with Crippen LogP contribution in [-0.4, -0.2) is 29.0 Å². The van der Waals surface area contributed by atoms with Crippen LogP contribution in [0.5, 0.6) is 0 Å². The largest absolute Gasteiger partial charge is 0.341 e. The molecule has 1 heterocycles. The van der Waals surface area contributed by atoms with E-state index in [9.17, 15) is 9.18 Å². The molecule has 0 spiro atoms. The van der Waals surface area contributed by atoms with Crippen LogP contribution in [0.3, 0.4) is 0 Å². The third-order valence-corrected chi connectivity index (χ3v) is 3.59. The predicted octanol–water partition coefficient (Wildman–Crippen LogP) is 3.68. The molecule has 0 saturated carbocycles. The molecule has 1 amide bonds. The maximum atomic E-state index is 13.2. The van der Waals surface area contributed by atoms with E-state index in [0.29, 0.717) is 17.3 Å². The number of benzene rings is 1. The summed E-state index contributed by atoms with van der Waals surface area (Å²) in [5.41, 5.74) is 1.35. The summed E-state index contributed by atoms with van der Waals surface area (Å²) >= 11 is 5.71. The van der Waals surface area contributed by atoms with Crippen LogP contribution in [0.15, 0.2) is 24.3 Å². The third kappa shape index (κ3) is 4.16. The number of anilines is 2. The lowest BCUT2D eigenvalue weighted by molar-refractivity contribution is 0.102. The molecule has 0 aliphatic heterocycles. The van der Waals surface area contributed by atoms with Crippen molar-refractivity contribution in [3.8, 4) is 0 Å². The molecule has 1 aromatic heterocycles. The first kappa shape index (κ1) is 17.1. The number of nitrogens with zero attached hydrogens (tertiary/aromatic N) is 3. The molecule has 0 radical (unpaired) electrons. The van der Waals surface area contributed by atoms with E-state index in [4.69, 9.17) is 11.6 Å². The molecule has 2 rings (SSSR count). The van der Waals surface area contributed by atoms with Crippen molar-refractivity contribution in [2.24, 2.45) is 0 Å². The Morgan fingerprint density at radius 1 is 1.26 bits per heavy atom. The zero-order valence-corrected chi connectivity index (χ0v) is 14.0. The van der Waals surface area contributed by atoms with Crippen molar-refractivity contribution in [2.45, 2.75) is 20.8 Å². The zero-order chi connectivity index (χ0) is 17.0. The number of rotatable bonds is 5. The van der Waals surface area contributed by atoms with Crippen molar-refractivity contribution >= 4 is 29.1 Å². The number of aryl methyl sites for hydroxylation is 1. The van der Waals surface area contributed by atoms with Crippen molar-refractivity contribution in [2.75, 3.05) is 23.3 Å². The van der Waals surface area contributed by atoms with Gasteiger partial charge < -0.3 is 10.2 Å². The lowest BCUT2D eigenvalue weighted by atomic mass is 10.2. The van der Waals surface area contributed by atoms with Crippen LogP contribution in [-0.2, 0) is 0 Å². The first-order valence-corrected chi connectivity index (χ1v) is 7.69. The Morgan fingerprint density at radius 2 is 1.96 bits per heavy atom. The van der Waals surface area contributed by atoms with Crippen LogP contribution in [0, 0.1) is 12.7 Å². The summed E-state index contributed by atoms with van der Waals surface area (Å²) in [5.74, 6) is -0.421. The van der Waals surface area contributed by atoms with Crippen LogP contribution in [0.1, 0.15) is 30.0 Å². The Labute approximate surface area is 139 Å². The van der Waals surface area contributed by atoms with E-state index < -0.39 is 11.7 Å². The second kappa shape index (κ2) is 7.37. The summed E-state index contributed by atoms with van der Waals surface area (Å²) in [6.07, 6.45) is 0. The summed E-state index contributed by atoms with van der Waals surface area (Å²) in [4.78, 5) is 23.0. The van der Waals surface area contributed by atoms with Gasteiger partial charge in [0.15, 0.2) is 0 Å². The highest BCUT2D eigenvalue weighted by atomic mass is 35.5. The van der Waals surface area contributed by atoms with Gasteiger partial charge in [-0.2, -0.15) is 0 Å². The Balaban J connectivity index is 2.26. The maximum absolute atomic E-state index is 13.2. The monoisotopic (exact) mass is 336 g/mol. The minimum absolute atomic E-state index is 0.0505. The number of aromatic nitrogens is 2. The molecule has 0 fully saturated rings. The van der Waals surface area contributed by atoms with Gasteiger partial charge in [-0.05, 0) is 45.0 Å². The SMILES string of the molecule is CCN(CC)c1nc(C)cc(C(=O)Nc2ccc(F)c(Cl)c2)n1. The van der Waals surface area contributed by atoms with Gasteiger partial charge in [0.1, 0.15) is 11.5 Å². The Hall–Kier alpha value is -2.21. The normalized spacial score (nSPS) is 10.5. The van der Waals surface area contributed by atoms with Crippen molar-refractivity contribution < 1.29 is 9.18 Å². The van der Waals surface area contributed by atoms with Gasteiger partial charge in [-0.1, -0.05) is 11.6 Å². The van der Waals surface area contributed by atoms with Gasteiger partial charge in [-0.15, -0.1) is 0 Å². The molecular weight excluding hydrogens is 319 g/mol. The standard InChI is InChI=1S/C16H18ClFN4O/c1-4-22(5-2)16-19-10(3)8-14(21-16)15(23)20-11-6-7-13(18)12(17)9-11/h6-9H,4-5H2,1-3H3,(H,20,23). The number of hydrogen-bond acceptors (Lipinski definition) is 4. The molecule has 1 aromatic carbocycles. The van der Waals surface area contributed by atoms with Crippen LogP contribution >= 0.6 is 11.6 Å². The lowest BCUT2D eigenvalue weighted by Gasteiger charge is -2.19. The summed E-state index contributed by atoms with van der Waals surface area (Å²) in [7, 11) is 0. The number of nitrogens with one attached hydrogen (secondary N) is 1. The second-order valence-corrected chi connectivity index (χ2v) is 5.36. The van der Waals surface area contributed by atoms with Crippen molar-refractivity contribution in [3.63, 3.8) is 0 Å². The van der Waals surface area contributed by atoms with Crippen LogP contribution in [0.2, 0.25) is 5.02 Å².